The topological polar surface area (TPSA) is 9.23 Å². The van der Waals surface area contributed by atoms with Crippen LogP contribution in [0.3, 0.4) is 0 Å². The third-order valence-electron chi connectivity index (χ3n) is 2.84. The molecule has 1 unspecified atom stereocenters. The standard InChI is InChI=1S/C15H13Br2FO/c1-19-15-6-5-11(9-14(15)17)13(16)8-10-3-2-4-12(18)7-10/h2-7,9,13H,8H2,1H3. The van der Waals surface area contributed by atoms with Crippen LogP contribution in [0.25, 0.3) is 0 Å². The largest absolute Gasteiger partial charge is 0.496 e. The van der Waals surface area contributed by atoms with Crippen molar-refractivity contribution in [2.75, 3.05) is 7.11 Å². The number of halogens is 3. The van der Waals surface area contributed by atoms with Gasteiger partial charge in [0.15, 0.2) is 0 Å². The van der Waals surface area contributed by atoms with Crippen LogP contribution in [0.5, 0.6) is 5.75 Å². The molecular weight excluding hydrogens is 375 g/mol. The van der Waals surface area contributed by atoms with Crippen LogP contribution in [0.4, 0.5) is 4.39 Å². The van der Waals surface area contributed by atoms with E-state index in [0.29, 0.717) is 0 Å². The summed E-state index contributed by atoms with van der Waals surface area (Å²) in [6.45, 7) is 0. The average molecular weight is 388 g/mol. The molecule has 2 rings (SSSR count). The molecule has 0 bridgehead atoms. The number of rotatable bonds is 4. The minimum atomic E-state index is -0.201. The molecule has 0 aliphatic carbocycles. The number of ether oxygens (including phenoxy) is 1. The molecule has 0 N–H and O–H groups in total. The molecule has 0 saturated heterocycles. The van der Waals surface area contributed by atoms with Crippen molar-refractivity contribution in [2.45, 2.75) is 11.2 Å². The maximum atomic E-state index is 13.1. The highest BCUT2D eigenvalue weighted by atomic mass is 79.9. The van der Waals surface area contributed by atoms with Gasteiger partial charge in [-0.05, 0) is 57.7 Å². The highest BCUT2D eigenvalue weighted by Crippen LogP contribution is 2.33. The lowest BCUT2D eigenvalue weighted by Gasteiger charge is -2.12. The van der Waals surface area contributed by atoms with Gasteiger partial charge >= 0.3 is 0 Å². The predicted molar refractivity (Wildman–Crippen MR) is 82.5 cm³/mol. The molecule has 0 heterocycles. The van der Waals surface area contributed by atoms with Gasteiger partial charge in [-0.3, -0.25) is 0 Å². The van der Waals surface area contributed by atoms with Crippen LogP contribution in [0.15, 0.2) is 46.9 Å². The van der Waals surface area contributed by atoms with E-state index in [4.69, 9.17) is 4.74 Å². The summed E-state index contributed by atoms with van der Waals surface area (Å²) in [5, 5.41) is 0. The fourth-order valence-electron chi connectivity index (χ4n) is 1.87. The number of benzene rings is 2. The zero-order valence-electron chi connectivity index (χ0n) is 10.4. The molecule has 1 atom stereocenters. The molecule has 2 aromatic carbocycles. The van der Waals surface area contributed by atoms with Crippen molar-refractivity contribution < 1.29 is 9.13 Å². The highest BCUT2D eigenvalue weighted by Gasteiger charge is 2.11. The van der Waals surface area contributed by atoms with E-state index in [9.17, 15) is 4.39 Å². The molecule has 0 saturated carbocycles. The van der Waals surface area contributed by atoms with Crippen LogP contribution >= 0.6 is 31.9 Å². The minimum Gasteiger partial charge on any atom is -0.496 e. The Balaban J connectivity index is 2.15. The Hall–Kier alpha value is -0.870. The highest BCUT2D eigenvalue weighted by molar-refractivity contribution is 9.10. The molecule has 0 fully saturated rings. The van der Waals surface area contributed by atoms with E-state index in [-0.39, 0.29) is 10.6 Å². The maximum absolute atomic E-state index is 13.1. The van der Waals surface area contributed by atoms with Crippen molar-refractivity contribution in [3.63, 3.8) is 0 Å². The van der Waals surface area contributed by atoms with E-state index in [1.807, 2.05) is 24.3 Å². The molecule has 0 aromatic heterocycles. The van der Waals surface area contributed by atoms with Gasteiger partial charge in [-0.25, -0.2) is 4.39 Å². The molecule has 19 heavy (non-hydrogen) atoms. The Morgan fingerprint density at radius 2 is 2.00 bits per heavy atom. The van der Waals surface area contributed by atoms with Crippen LogP contribution in [-0.2, 0) is 6.42 Å². The second-order valence-electron chi connectivity index (χ2n) is 4.20. The number of methoxy groups -OCH3 is 1. The van der Waals surface area contributed by atoms with Crippen molar-refractivity contribution in [2.24, 2.45) is 0 Å². The first kappa shape index (κ1) is 14.5. The SMILES string of the molecule is COc1ccc(C(Br)Cc2cccc(F)c2)cc1Br. The van der Waals surface area contributed by atoms with Crippen LogP contribution in [-0.4, -0.2) is 7.11 Å². The number of hydrogen-bond acceptors (Lipinski definition) is 1. The predicted octanol–water partition coefficient (Wildman–Crippen LogP) is 5.28. The summed E-state index contributed by atoms with van der Waals surface area (Å²) in [4.78, 5) is 0.136. The summed E-state index contributed by atoms with van der Waals surface area (Å²) >= 11 is 7.11. The Kier molecular flexibility index (Phi) is 4.99. The lowest BCUT2D eigenvalue weighted by Crippen LogP contribution is -1.96. The lowest BCUT2D eigenvalue weighted by atomic mass is 10.0. The average Bonchev–Trinajstić information content (AvgIpc) is 2.38. The monoisotopic (exact) mass is 386 g/mol. The third kappa shape index (κ3) is 3.80. The quantitative estimate of drug-likeness (QED) is 0.649. The first-order valence-electron chi connectivity index (χ1n) is 5.82. The van der Waals surface area contributed by atoms with Crippen molar-refractivity contribution >= 4 is 31.9 Å². The van der Waals surface area contributed by atoms with Crippen LogP contribution in [0.1, 0.15) is 16.0 Å². The minimum absolute atomic E-state index is 0.136. The van der Waals surface area contributed by atoms with Crippen LogP contribution < -0.4 is 4.74 Å². The smallest absolute Gasteiger partial charge is 0.133 e. The lowest BCUT2D eigenvalue weighted by molar-refractivity contribution is 0.412. The van der Waals surface area contributed by atoms with Crippen molar-refractivity contribution in [3.8, 4) is 5.75 Å². The van der Waals surface area contributed by atoms with E-state index in [1.165, 1.54) is 6.07 Å². The molecule has 0 aliphatic heterocycles. The van der Waals surface area contributed by atoms with E-state index < -0.39 is 0 Å². The van der Waals surface area contributed by atoms with Gasteiger partial charge in [-0.15, -0.1) is 0 Å². The van der Waals surface area contributed by atoms with Crippen molar-refractivity contribution in [1.82, 2.24) is 0 Å². The van der Waals surface area contributed by atoms with Crippen molar-refractivity contribution in [1.29, 1.82) is 0 Å². The molecule has 0 radical (unpaired) electrons. The number of alkyl halides is 1. The molecular formula is C15H13Br2FO. The van der Waals surface area contributed by atoms with E-state index >= 15 is 0 Å². The summed E-state index contributed by atoms with van der Waals surface area (Å²) in [5.74, 6) is 0.599. The Bertz CT molecular complexity index is 572. The number of hydrogen-bond donors (Lipinski definition) is 0. The molecule has 0 spiro atoms. The van der Waals surface area contributed by atoms with Crippen LogP contribution in [0.2, 0.25) is 0 Å². The Morgan fingerprint density at radius 3 is 2.63 bits per heavy atom. The summed E-state index contributed by atoms with van der Waals surface area (Å²) < 4.78 is 19.3. The molecule has 0 amide bonds. The zero-order chi connectivity index (χ0) is 13.8. The van der Waals surface area contributed by atoms with E-state index in [0.717, 1.165) is 27.8 Å². The zero-order valence-corrected chi connectivity index (χ0v) is 13.5. The first-order chi connectivity index (χ1) is 9.10. The van der Waals surface area contributed by atoms with Gasteiger partial charge in [0.25, 0.3) is 0 Å². The molecule has 0 aliphatic rings. The Morgan fingerprint density at radius 1 is 1.21 bits per heavy atom. The fourth-order valence-corrected chi connectivity index (χ4v) is 3.08. The van der Waals surface area contributed by atoms with Gasteiger partial charge in [0, 0.05) is 4.83 Å². The van der Waals surface area contributed by atoms with E-state index in [2.05, 4.69) is 31.9 Å². The first-order valence-corrected chi connectivity index (χ1v) is 7.53. The molecule has 4 heteroatoms. The van der Waals surface area contributed by atoms with Gasteiger partial charge < -0.3 is 4.74 Å². The summed E-state index contributed by atoms with van der Waals surface area (Å²) in [6, 6.07) is 12.6. The summed E-state index contributed by atoms with van der Waals surface area (Å²) in [5.41, 5.74) is 2.09. The Labute approximate surface area is 129 Å². The summed E-state index contributed by atoms with van der Waals surface area (Å²) in [7, 11) is 1.64. The second kappa shape index (κ2) is 6.53. The molecule has 100 valence electrons. The second-order valence-corrected chi connectivity index (χ2v) is 6.16. The molecule has 2 aromatic rings. The molecule has 1 nitrogen and oxygen atoms in total. The van der Waals surface area contributed by atoms with Crippen LogP contribution in [0, 0.1) is 5.82 Å². The maximum Gasteiger partial charge on any atom is 0.133 e. The van der Waals surface area contributed by atoms with Crippen molar-refractivity contribution in [3.05, 3.63) is 63.9 Å². The summed E-state index contributed by atoms with van der Waals surface area (Å²) in [6.07, 6.45) is 0.733. The van der Waals surface area contributed by atoms with Gasteiger partial charge in [-0.1, -0.05) is 34.1 Å². The van der Waals surface area contributed by atoms with E-state index in [1.54, 1.807) is 19.2 Å². The van der Waals surface area contributed by atoms with Gasteiger partial charge in [0.05, 0.1) is 11.6 Å². The fraction of sp³-hybridized carbons (Fsp3) is 0.200. The van der Waals surface area contributed by atoms with Gasteiger partial charge in [-0.2, -0.15) is 0 Å². The van der Waals surface area contributed by atoms with Gasteiger partial charge in [0.2, 0.25) is 0 Å². The van der Waals surface area contributed by atoms with Gasteiger partial charge in [0.1, 0.15) is 11.6 Å². The third-order valence-corrected chi connectivity index (χ3v) is 4.31. The normalized spacial score (nSPS) is 12.2.